The first-order chi connectivity index (χ1) is 7.02. The lowest BCUT2D eigenvalue weighted by Crippen LogP contribution is -2.43. The van der Waals surface area contributed by atoms with Crippen molar-refractivity contribution in [3.05, 3.63) is 0 Å². The van der Waals surface area contributed by atoms with Crippen molar-refractivity contribution < 1.29 is 9.47 Å². The fourth-order valence-electron chi connectivity index (χ4n) is 1.37. The molecule has 0 bridgehead atoms. The fraction of sp³-hybridized carbons (Fsp3) is 1.00. The number of ether oxygens (including phenoxy) is 2. The van der Waals surface area contributed by atoms with Crippen molar-refractivity contribution in [3.8, 4) is 0 Å². The number of nitrogens with one attached hydrogen (secondary N) is 1. The van der Waals surface area contributed by atoms with Crippen LogP contribution in [0.4, 0.5) is 0 Å². The Morgan fingerprint density at radius 2 is 1.87 bits per heavy atom. The molecule has 0 spiro atoms. The highest BCUT2D eigenvalue weighted by atomic mass is 16.5. The van der Waals surface area contributed by atoms with Gasteiger partial charge in [-0.05, 0) is 18.4 Å². The number of methoxy groups -OCH3 is 1. The molecule has 0 aliphatic rings. The van der Waals surface area contributed by atoms with Crippen LogP contribution in [-0.4, -0.2) is 39.5 Å². The van der Waals surface area contributed by atoms with Crippen molar-refractivity contribution in [2.45, 2.75) is 40.2 Å². The van der Waals surface area contributed by atoms with Gasteiger partial charge in [0.05, 0.1) is 6.61 Å². The molecule has 0 amide bonds. The van der Waals surface area contributed by atoms with Crippen LogP contribution in [0.5, 0.6) is 0 Å². The lowest BCUT2D eigenvalue weighted by molar-refractivity contribution is 0.0619. The summed E-state index contributed by atoms with van der Waals surface area (Å²) in [5, 5.41) is 3.46. The van der Waals surface area contributed by atoms with E-state index >= 15 is 0 Å². The van der Waals surface area contributed by atoms with Gasteiger partial charge in [0.2, 0.25) is 0 Å². The molecular weight excluding hydrogens is 190 g/mol. The highest BCUT2D eigenvalue weighted by Gasteiger charge is 2.23. The van der Waals surface area contributed by atoms with E-state index in [2.05, 4.69) is 33.0 Å². The molecule has 0 aromatic rings. The molecule has 92 valence electrons. The Labute approximate surface area is 94.5 Å². The normalized spacial score (nSPS) is 14.2. The van der Waals surface area contributed by atoms with Crippen LogP contribution in [0.1, 0.15) is 34.1 Å². The van der Waals surface area contributed by atoms with Gasteiger partial charge >= 0.3 is 0 Å². The molecule has 0 aromatic heterocycles. The zero-order valence-corrected chi connectivity index (χ0v) is 10.9. The zero-order chi connectivity index (χ0) is 11.7. The molecule has 0 radical (unpaired) electrons. The van der Waals surface area contributed by atoms with E-state index in [1.165, 1.54) is 0 Å². The Balaban J connectivity index is 3.67. The summed E-state index contributed by atoms with van der Waals surface area (Å²) in [5.74, 6) is 0. The van der Waals surface area contributed by atoms with Crippen LogP contribution in [-0.2, 0) is 9.47 Å². The van der Waals surface area contributed by atoms with Gasteiger partial charge in [-0.2, -0.15) is 0 Å². The Bertz CT molecular complexity index is 143. The summed E-state index contributed by atoms with van der Waals surface area (Å²) in [6.45, 7) is 12.2. The van der Waals surface area contributed by atoms with E-state index in [-0.39, 0.29) is 5.41 Å². The van der Waals surface area contributed by atoms with Gasteiger partial charge in [0, 0.05) is 26.4 Å². The molecule has 3 heteroatoms. The quantitative estimate of drug-likeness (QED) is 0.631. The third kappa shape index (κ3) is 7.77. The van der Waals surface area contributed by atoms with Crippen LogP contribution in [0.2, 0.25) is 0 Å². The number of rotatable bonds is 8. The van der Waals surface area contributed by atoms with Crippen molar-refractivity contribution >= 4 is 0 Å². The zero-order valence-electron chi connectivity index (χ0n) is 10.9. The average Bonchev–Trinajstić information content (AvgIpc) is 2.14. The second kappa shape index (κ2) is 8.08. The number of hydrogen-bond donors (Lipinski definition) is 1. The van der Waals surface area contributed by atoms with Crippen molar-refractivity contribution in [2.24, 2.45) is 5.41 Å². The van der Waals surface area contributed by atoms with E-state index in [1.54, 1.807) is 7.11 Å². The van der Waals surface area contributed by atoms with Crippen molar-refractivity contribution in [2.75, 3.05) is 33.5 Å². The van der Waals surface area contributed by atoms with Crippen LogP contribution in [0, 0.1) is 5.41 Å². The summed E-state index contributed by atoms with van der Waals surface area (Å²) >= 11 is 0. The summed E-state index contributed by atoms with van der Waals surface area (Å²) in [6.07, 6.45) is 0.972. The summed E-state index contributed by atoms with van der Waals surface area (Å²) < 4.78 is 10.6. The predicted molar refractivity (Wildman–Crippen MR) is 64.2 cm³/mol. The minimum atomic E-state index is 0.247. The van der Waals surface area contributed by atoms with Crippen molar-refractivity contribution in [1.82, 2.24) is 5.32 Å². The predicted octanol–water partition coefficient (Wildman–Crippen LogP) is 2.06. The van der Waals surface area contributed by atoms with E-state index in [0.29, 0.717) is 6.04 Å². The molecule has 0 saturated heterocycles. The van der Waals surface area contributed by atoms with E-state index < -0.39 is 0 Å². The van der Waals surface area contributed by atoms with Gasteiger partial charge in [-0.1, -0.05) is 27.7 Å². The van der Waals surface area contributed by atoms with Crippen molar-refractivity contribution in [3.63, 3.8) is 0 Å². The molecular formula is C12H27NO2. The number of likely N-dealkylation sites (N-methyl/N-ethyl adjacent to an activating group) is 1. The second-order valence-corrected chi connectivity index (χ2v) is 4.90. The van der Waals surface area contributed by atoms with E-state index in [4.69, 9.17) is 9.47 Å². The topological polar surface area (TPSA) is 30.5 Å². The standard InChI is InChI=1S/C12H27NO2/c1-6-13-11(12(2,3)4)10-15-9-7-8-14-5/h11,13H,6-10H2,1-5H3. The van der Waals surface area contributed by atoms with E-state index in [9.17, 15) is 0 Å². The number of hydrogen-bond acceptors (Lipinski definition) is 3. The third-order valence-corrected chi connectivity index (χ3v) is 2.42. The summed E-state index contributed by atoms with van der Waals surface area (Å²) in [4.78, 5) is 0. The fourth-order valence-corrected chi connectivity index (χ4v) is 1.37. The SMILES string of the molecule is CCNC(COCCCOC)C(C)(C)C. The molecule has 0 rings (SSSR count). The van der Waals surface area contributed by atoms with Crippen LogP contribution >= 0.6 is 0 Å². The van der Waals surface area contributed by atoms with E-state index in [1.807, 2.05) is 0 Å². The lowest BCUT2D eigenvalue weighted by atomic mass is 9.87. The van der Waals surface area contributed by atoms with Crippen LogP contribution in [0.15, 0.2) is 0 Å². The van der Waals surface area contributed by atoms with Gasteiger partial charge in [0.1, 0.15) is 0 Å². The van der Waals surface area contributed by atoms with Gasteiger partial charge < -0.3 is 14.8 Å². The smallest absolute Gasteiger partial charge is 0.0624 e. The molecule has 0 aliphatic carbocycles. The van der Waals surface area contributed by atoms with Gasteiger partial charge in [0.15, 0.2) is 0 Å². The van der Waals surface area contributed by atoms with Gasteiger partial charge in [0.25, 0.3) is 0 Å². The van der Waals surface area contributed by atoms with E-state index in [0.717, 1.165) is 32.8 Å². The summed E-state index contributed by atoms with van der Waals surface area (Å²) in [7, 11) is 1.72. The summed E-state index contributed by atoms with van der Waals surface area (Å²) in [5.41, 5.74) is 0.247. The van der Waals surface area contributed by atoms with Gasteiger partial charge in [-0.3, -0.25) is 0 Å². The molecule has 0 aliphatic heterocycles. The Kier molecular flexibility index (Phi) is 8.02. The molecule has 1 unspecified atom stereocenters. The Morgan fingerprint density at radius 3 is 2.33 bits per heavy atom. The third-order valence-electron chi connectivity index (χ3n) is 2.42. The monoisotopic (exact) mass is 217 g/mol. The van der Waals surface area contributed by atoms with Crippen molar-refractivity contribution in [1.29, 1.82) is 0 Å². The first-order valence-corrected chi connectivity index (χ1v) is 5.82. The average molecular weight is 217 g/mol. The Hall–Kier alpha value is -0.120. The van der Waals surface area contributed by atoms with Gasteiger partial charge in [-0.15, -0.1) is 0 Å². The second-order valence-electron chi connectivity index (χ2n) is 4.90. The minimum Gasteiger partial charge on any atom is -0.385 e. The van der Waals surface area contributed by atoms with Gasteiger partial charge in [-0.25, -0.2) is 0 Å². The molecule has 15 heavy (non-hydrogen) atoms. The maximum Gasteiger partial charge on any atom is 0.0624 e. The summed E-state index contributed by atoms with van der Waals surface area (Å²) in [6, 6.07) is 0.421. The molecule has 1 N–H and O–H groups in total. The highest BCUT2D eigenvalue weighted by molar-refractivity contribution is 4.79. The maximum atomic E-state index is 5.63. The van der Waals surface area contributed by atoms with Crippen LogP contribution in [0.3, 0.4) is 0 Å². The first kappa shape index (κ1) is 14.9. The Morgan fingerprint density at radius 1 is 1.20 bits per heavy atom. The highest BCUT2D eigenvalue weighted by Crippen LogP contribution is 2.19. The molecule has 0 fully saturated rings. The lowest BCUT2D eigenvalue weighted by Gasteiger charge is -2.31. The van der Waals surface area contributed by atoms with Crippen LogP contribution < -0.4 is 5.32 Å². The molecule has 3 nitrogen and oxygen atoms in total. The minimum absolute atomic E-state index is 0.247. The molecule has 0 aromatic carbocycles. The molecule has 1 atom stereocenters. The molecule has 0 heterocycles. The largest absolute Gasteiger partial charge is 0.385 e. The van der Waals surface area contributed by atoms with Crippen LogP contribution in [0.25, 0.3) is 0 Å². The molecule has 0 saturated carbocycles. The first-order valence-electron chi connectivity index (χ1n) is 5.82. The maximum absolute atomic E-state index is 5.63.